The topological polar surface area (TPSA) is 28.7 Å². The summed E-state index contributed by atoms with van der Waals surface area (Å²) in [7, 11) is 0. The van der Waals surface area contributed by atoms with Crippen LogP contribution < -0.4 is 0 Å². The van der Waals surface area contributed by atoms with Crippen LogP contribution in [0.1, 0.15) is 5.56 Å². The molecule has 0 radical (unpaired) electrons. The van der Waals surface area contributed by atoms with Gasteiger partial charge in [0.15, 0.2) is 0 Å². The van der Waals surface area contributed by atoms with E-state index in [2.05, 4.69) is 25.9 Å². The number of imidazole rings is 1. The van der Waals surface area contributed by atoms with Gasteiger partial charge in [0, 0.05) is 4.47 Å². The van der Waals surface area contributed by atoms with Crippen LogP contribution in [0, 0.1) is 12.7 Å². The monoisotopic (exact) mass is 304 g/mol. The number of H-pyrrole nitrogens is 1. The summed E-state index contributed by atoms with van der Waals surface area (Å²) in [6, 6.07) is 10.9. The van der Waals surface area contributed by atoms with Gasteiger partial charge in [-0.2, -0.15) is 0 Å². The zero-order chi connectivity index (χ0) is 12.7. The van der Waals surface area contributed by atoms with Crippen LogP contribution in [-0.2, 0) is 0 Å². The first-order valence-corrected chi connectivity index (χ1v) is 6.34. The Bertz CT molecular complexity index is 734. The molecule has 2 aromatic carbocycles. The van der Waals surface area contributed by atoms with Gasteiger partial charge >= 0.3 is 0 Å². The van der Waals surface area contributed by atoms with Gasteiger partial charge in [-0.1, -0.05) is 22.0 Å². The van der Waals surface area contributed by atoms with E-state index in [1.807, 2.05) is 25.1 Å². The van der Waals surface area contributed by atoms with E-state index < -0.39 is 0 Å². The molecule has 1 heterocycles. The second-order valence-corrected chi connectivity index (χ2v) is 5.15. The molecule has 0 atom stereocenters. The van der Waals surface area contributed by atoms with E-state index in [1.165, 1.54) is 6.07 Å². The van der Waals surface area contributed by atoms with Gasteiger partial charge in [-0.25, -0.2) is 9.37 Å². The first-order valence-electron chi connectivity index (χ1n) is 5.55. The summed E-state index contributed by atoms with van der Waals surface area (Å²) in [6.07, 6.45) is 0. The van der Waals surface area contributed by atoms with Crippen LogP contribution in [0.5, 0.6) is 0 Å². The van der Waals surface area contributed by atoms with Gasteiger partial charge in [-0.15, -0.1) is 0 Å². The number of hydrogen-bond acceptors (Lipinski definition) is 1. The first-order chi connectivity index (χ1) is 8.63. The quantitative estimate of drug-likeness (QED) is 0.707. The minimum absolute atomic E-state index is 0.292. The van der Waals surface area contributed by atoms with Crippen LogP contribution >= 0.6 is 15.9 Å². The highest BCUT2D eigenvalue weighted by atomic mass is 79.9. The van der Waals surface area contributed by atoms with Crippen molar-refractivity contribution in [2.24, 2.45) is 0 Å². The molecular formula is C14H10BrFN2. The van der Waals surface area contributed by atoms with Gasteiger partial charge in [-0.05, 0) is 42.8 Å². The third-order valence-corrected chi connectivity index (χ3v) is 3.32. The lowest BCUT2D eigenvalue weighted by molar-refractivity contribution is 0.629. The fourth-order valence-corrected chi connectivity index (χ4v) is 2.27. The van der Waals surface area contributed by atoms with E-state index in [9.17, 15) is 4.39 Å². The number of aromatic nitrogens is 2. The lowest BCUT2D eigenvalue weighted by atomic mass is 10.2. The van der Waals surface area contributed by atoms with Crippen molar-refractivity contribution in [2.45, 2.75) is 6.92 Å². The molecule has 0 fully saturated rings. The van der Waals surface area contributed by atoms with Crippen LogP contribution in [0.25, 0.3) is 22.4 Å². The summed E-state index contributed by atoms with van der Waals surface area (Å²) in [5.41, 5.74) is 3.39. The summed E-state index contributed by atoms with van der Waals surface area (Å²) >= 11 is 3.24. The Morgan fingerprint density at radius 1 is 1.17 bits per heavy atom. The molecule has 18 heavy (non-hydrogen) atoms. The smallest absolute Gasteiger partial charge is 0.141 e. The van der Waals surface area contributed by atoms with Crippen molar-refractivity contribution in [1.29, 1.82) is 0 Å². The van der Waals surface area contributed by atoms with Crippen LogP contribution in [0.4, 0.5) is 4.39 Å². The van der Waals surface area contributed by atoms with Gasteiger partial charge in [-0.3, -0.25) is 0 Å². The van der Waals surface area contributed by atoms with E-state index in [-0.39, 0.29) is 5.82 Å². The van der Waals surface area contributed by atoms with Crippen molar-refractivity contribution in [3.63, 3.8) is 0 Å². The molecule has 1 aromatic heterocycles. The standard InChI is InChI=1S/C14H10BrFN2/c1-8-2-5-12-13(6-8)18-14(17-12)10-4-3-9(15)7-11(10)16/h2-7H,1H3,(H,17,18). The third-order valence-electron chi connectivity index (χ3n) is 2.82. The third kappa shape index (κ3) is 1.93. The van der Waals surface area contributed by atoms with Crippen molar-refractivity contribution >= 4 is 27.0 Å². The highest BCUT2D eigenvalue weighted by Gasteiger charge is 2.10. The summed E-state index contributed by atoms with van der Waals surface area (Å²) in [4.78, 5) is 7.55. The lowest BCUT2D eigenvalue weighted by Gasteiger charge is -1.99. The second kappa shape index (κ2) is 4.21. The summed E-state index contributed by atoms with van der Waals surface area (Å²) in [5, 5.41) is 0. The van der Waals surface area contributed by atoms with Crippen LogP contribution in [0.2, 0.25) is 0 Å². The Balaban J connectivity index is 2.19. The SMILES string of the molecule is Cc1ccc2nc(-c3ccc(Br)cc3F)[nH]c2c1. The molecule has 0 bridgehead atoms. The molecule has 0 aliphatic rings. The summed E-state index contributed by atoms with van der Waals surface area (Å²) in [5.74, 6) is 0.265. The molecule has 0 aliphatic carbocycles. The molecule has 1 N–H and O–H groups in total. The molecule has 3 aromatic rings. The summed E-state index contributed by atoms with van der Waals surface area (Å²) < 4.78 is 14.6. The van der Waals surface area contributed by atoms with Crippen LogP contribution in [0.15, 0.2) is 40.9 Å². The Morgan fingerprint density at radius 2 is 2.00 bits per heavy atom. The number of halogens is 2. The van der Waals surface area contributed by atoms with Gasteiger partial charge in [0.2, 0.25) is 0 Å². The predicted molar refractivity (Wildman–Crippen MR) is 73.9 cm³/mol. The Labute approximate surface area is 112 Å². The van der Waals surface area contributed by atoms with Crippen molar-refractivity contribution in [3.05, 3.63) is 52.3 Å². The predicted octanol–water partition coefficient (Wildman–Crippen LogP) is 4.44. The van der Waals surface area contributed by atoms with Gasteiger partial charge in [0.1, 0.15) is 11.6 Å². The minimum atomic E-state index is -0.292. The number of nitrogens with one attached hydrogen (secondary N) is 1. The molecule has 0 unspecified atom stereocenters. The molecule has 0 spiro atoms. The molecule has 0 saturated carbocycles. The fourth-order valence-electron chi connectivity index (χ4n) is 1.93. The highest BCUT2D eigenvalue weighted by Crippen LogP contribution is 2.25. The van der Waals surface area contributed by atoms with Gasteiger partial charge in [0.25, 0.3) is 0 Å². The number of benzene rings is 2. The number of aromatic amines is 1. The van der Waals surface area contributed by atoms with Crippen molar-refractivity contribution in [3.8, 4) is 11.4 Å². The number of aryl methyl sites for hydroxylation is 1. The lowest BCUT2D eigenvalue weighted by Crippen LogP contribution is -1.86. The molecule has 3 rings (SSSR count). The molecule has 4 heteroatoms. The number of fused-ring (bicyclic) bond motifs is 1. The largest absolute Gasteiger partial charge is 0.338 e. The molecule has 0 amide bonds. The zero-order valence-electron chi connectivity index (χ0n) is 9.67. The molecular weight excluding hydrogens is 295 g/mol. The molecule has 90 valence electrons. The maximum atomic E-state index is 13.9. The van der Waals surface area contributed by atoms with E-state index >= 15 is 0 Å². The van der Waals surface area contributed by atoms with E-state index in [4.69, 9.17) is 0 Å². The maximum Gasteiger partial charge on any atom is 0.141 e. The number of rotatable bonds is 1. The highest BCUT2D eigenvalue weighted by molar-refractivity contribution is 9.10. The molecule has 0 saturated heterocycles. The van der Waals surface area contributed by atoms with Crippen LogP contribution in [-0.4, -0.2) is 9.97 Å². The van der Waals surface area contributed by atoms with E-state index in [0.29, 0.717) is 11.4 Å². The fraction of sp³-hybridized carbons (Fsp3) is 0.0714. The maximum absolute atomic E-state index is 13.9. The number of nitrogens with zero attached hydrogens (tertiary/aromatic N) is 1. The average molecular weight is 305 g/mol. The molecule has 2 nitrogen and oxygen atoms in total. The van der Waals surface area contributed by atoms with Crippen molar-refractivity contribution < 1.29 is 4.39 Å². The second-order valence-electron chi connectivity index (χ2n) is 4.23. The van der Waals surface area contributed by atoms with E-state index in [0.717, 1.165) is 21.1 Å². The average Bonchev–Trinajstić information content (AvgIpc) is 2.71. The Kier molecular flexibility index (Phi) is 2.67. The van der Waals surface area contributed by atoms with Gasteiger partial charge in [0.05, 0.1) is 16.6 Å². The Morgan fingerprint density at radius 3 is 2.78 bits per heavy atom. The normalized spacial score (nSPS) is 11.1. The molecule has 0 aliphatic heterocycles. The summed E-state index contributed by atoms with van der Waals surface area (Å²) in [6.45, 7) is 2.01. The number of hydrogen-bond donors (Lipinski definition) is 1. The zero-order valence-corrected chi connectivity index (χ0v) is 11.3. The minimum Gasteiger partial charge on any atom is -0.338 e. The van der Waals surface area contributed by atoms with Gasteiger partial charge < -0.3 is 4.98 Å². The Hall–Kier alpha value is -1.68. The first kappa shape index (κ1) is 11.4. The van der Waals surface area contributed by atoms with Crippen molar-refractivity contribution in [2.75, 3.05) is 0 Å². The van der Waals surface area contributed by atoms with E-state index in [1.54, 1.807) is 12.1 Å². The van der Waals surface area contributed by atoms with Crippen LogP contribution in [0.3, 0.4) is 0 Å². The van der Waals surface area contributed by atoms with Crippen molar-refractivity contribution in [1.82, 2.24) is 9.97 Å².